The van der Waals surface area contributed by atoms with Crippen LogP contribution in [0.25, 0.3) is 0 Å². The molecule has 0 N–H and O–H groups in total. The molecule has 96 valence electrons. The zero-order valence-corrected chi connectivity index (χ0v) is 12.6. The van der Waals surface area contributed by atoms with Gasteiger partial charge in [-0.1, -0.05) is 27.7 Å². The predicted octanol–water partition coefficient (Wildman–Crippen LogP) is 3.84. The summed E-state index contributed by atoms with van der Waals surface area (Å²) in [5.74, 6) is 1.70. The first-order chi connectivity index (χ1) is 7.40. The van der Waals surface area contributed by atoms with Crippen molar-refractivity contribution in [2.45, 2.75) is 66.0 Å². The smallest absolute Gasteiger partial charge is 0.00961 e. The summed E-state index contributed by atoms with van der Waals surface area (Å²) in [5.41, 5.74) is 0.377. The summed E-state index contributed by atoms with van der Waals surface area (Å²) in [6.45, 7) is 13.0. The van der Waals surface area contributed by atoms with Gasteiger partial charge in [-0.05, 0) is 43.3 Å². The van der Waals surface area contributed by atoms with E-state index in [-0.39, 0.29) is 0 Å². The van der Waals surface area contributed by atoms with E-state index in [0.717, 1.165) is 17.8 Å². The van der Waals surface area contributed by atoms with E-state index in [1.807, 2.05) is 0 Å². The molecule has 0 aromatic heterocycles. The molecular weight excluding hydrogens is 214 g/mol. The third-order valence-electron chi connectivity index (χ3n) is 4.30. The van der Waals surface area contributed by atoms with Gasteiger partial charge in [-0.2, -0.15) is 12.6 Å². The van der Waals surface area contributed by atoms with Gasteiger partial charge in [0.15, 0.2) is 0 Å². The van der Waals surface area contributed by atoms with Gasteiger partial charge in [-0.3, -0.25) is 4.90 Å². The Hall–Kier alpha value is 0.310. The highest BCUT2D eigenvalue weighted by Crippen LogP contribution is 2.33. The lowest BCUT2D eigenvalue weighted by Crippen LogP contribution is -2.42. The highest BCUT2D eigenvalue weighted by Gasteiger charge is 2.33. The number of hydrogen-bond acceptors (Lipinski definition) is 2. The number of nitrogens with zero attached hydrogens (tertiary/aromatic N) is 1. The number of likely N-dealkylation sites (tertiary alicyclic amines) is 1. The van der Waals surface area contributed by atoms with E-state index in [4.69, 9.17) is 0 Å². The molecular formula is C14H29NS. The van der Waals surface area contributed by atoms with Crippen LogP contribution in [0.5, 0.6) is 0 Å². The van der Waals surface area contributed by atoms with Crippen LogP contribution in [-0.4, -0.2) is 29.3 Å². The van der Waals surface area contributed by atoms with Crippen molar-refractivity contribution in [1.82, 2.24) is 4.90 Å². The average molecular weight is 243 g/mol. The molecule has 1 saturated heterocycles. The van der Waals surface area contributed by atoms with Crippen LogP contribution in [0.15, 0.2) is 0 Å². The van der Waals surface area contributed by atoms with E-state index in [9.17, 15) is 0 Å². The van der Waals surface area contributed by atoms with Crippen LogP contribution < -0.4 is 0 Å². The average Bonchev–Trinajstić information content (AvgIpc) is 2.54. The lowest BCUT2D eigenvalue weighted by molar-refractivity contribution is 0.125. The second kappa shape index (κ2) is 5.77. The molecule has 2 heteroatoms. The molecule has 1 heterocycles. The largest absolute Gasteiger partial charge is 0.297 e. The third kappa shape index (κ3) is 3.40. The highest BCUT2D eigenvalue weighted by atomic mass is 32.1. The fraction of sp³-hybridized carbons (Fsp3) is 1.00. The molecule has 1 fully saturated rings. The fourth-order valence-electron chi connectivity index (χ4n) is 2.75. The Kier molecular flexibility index (Phi) is 5.18. The molecule has 0 aliphatic carbocycles. The summed E-state index contributed by atoms with van der Waals surface area (Å²) >= 11 is 4.54. The maximum atomic E-state index is 4.54. The minimum absolute atomic E-state index is 0.377. The van der Waals surface area contributed by atoms with E-state index >= 15 is 0 Å². The van der Waals surface area contributed by atoms with Crippen molar-refractivity contribution in [3.63, 3.8) is 0 Å². The summed E-state index contributed by atoms with van der Waals surface area (Å²) in [6.07, 6.45) is 4.07. The van der Waals surface area contributed by atoms with Crippen LogP contribution >= 0.6 is 12.6 Å². The van der Waals surface area contributed by atoms with Crippen molar-refractivity contribution in [2.24, 2.45) is 11.3 Å². The standard InChI is InChI=1S/C14H29NS/c1-6-13-8-7-11(2)15(13)9-12(10-16)14(3,4)5/h11-13,16H,6-10H2,1-5H3. The van der Waals surface area contributed by atoms with Gasteiger partial charge in [-0.15, -0.1) is 0 Å². The van der Waals surface area contributed by atoms with Crippen molar-refractivity contribution < 1.29 is 0 Å². The number of hydrogen-bond donors (Lipinski definition) is 1. The number of thiol groups is 1. The third-order valence-corrected chi connectivity index (χ3v) is 4.74. The van der Waals surface area contributed by atoms with Gasteiger partial charge in [-0.25, -0.2) is 0 Å². The van der Waals surface area contributed by atoms with Gasteiger partial charge in [0, 0.05) is 18.6 Å². The van der Waals surface area contributed by atoms with Crippen molar-refractivity contribution in [2.75, 3.05) is 12.3 Å². The van der Waals surface area contributed by atoms with E-state index in [1.165, 1.54) is 25.8 Å². The quantitative estimate of drug-likeness (QED) is 0.734. The molecule has 3 unspecified atom stereocenters. The van der Waals surface area contributed by atoms with Crippen LogP contribution in [0.3, 0.4) is 0 Å². The Balaban J connectivity index is 2.63. The molecule has 0 aromatic carbocycles. The van der Waals surface area contributed by atoms with E-state index in [0.29, 0.717) is 11.3 Å². The molecule has 16 heavy (non-hydrogen) atoms. The Morgan fingerprint density at radius 1 is 1.31 bits per heavy atom. The zero-order chi connectivity index (χ0) is 12.3. The van der Waals surface area contributed by atoms with E-state index in [1.54, 1.807) is 0 Å². The van der Waals surface area contributed by atoms with Crippen molar-refractivity contribution in [3.05, 3.63) is 0 Å². The summed E-state index contributed by atoms with van der Waals surface area (Å²) in [6, 6.07) is 1.59. The molecule has 1 aliphatic heterocycles. The topological polar surface area (TPSA) is 3.24 Å². The molecule has 1 nitrogen and oxygen atoms in total. The van der Waals surface area contributed by atoms with Gasteiger partial charge >= 0.3 is 0 Å². The van der Waals surface area contributed by atoms with Gasteiger partial charge < -0.3 is 0 Å². The second-order valence-corrected chi connectivity index (χ2v) is 6.80. The molecule has 0 radical (unpaired) electrons. The monoisotopic (exact) mass is 243 g/mol. The molecule has 0 bridgehead atoms. The lowest BCUT2D eigenvalue weighted by Gasteiger charge is -2.37. The van der Waals surface area contributed by atoms with Crippen molar-refractivity contribution in [3.8, 4) is 0 Å². The Morgan fingerprint density at radius 2 is 1.94 bits per heavy atom. The molecule has 0 amide bonds. The van der Waals surface area contributed by atoms with Crippen molar-refractivity contribution >= 4 is 12.6 Å². The maximum Gasteiger partial charge on any atom is 0.00961 e. The van der Waals surface area contributed by atoms with Gasteiger partial charge in [0.05, 0.1) is 0 Å². The van der Waals surface area contributed by atoms with Crippen LogP contribution in [-0.2, 0) is 0 Å². The summed E-state index contributed by atoms with van der Waals surface area (Å²) in [5, 5.41) is 0. The normalized spacial score (nSPS) is 29.6. The van der Waals surface area contributed by atoms with Crippen LogP contribution in [0.4, 0.5) is 0 Å². The summed E-state index contributed by atoms with van der Waals surface area (Å²) in [7, 11) is 0. The van der Waals surface area contributed by atoms with Crippen LogP contribution in [0.2, 0.25) is 0 Å². The summed E-state index contributed by atoms with van der Waals surface area (Å²) < 4.78 is 0. The molecule has 0 aromatic rings. The fourth-order valence-corrected chi connectivity index (χ4v) is 3.42. The second-order valence-electron chi connectivity index (χ2n) is 6.43. The number of rotatable bonds is 4. The molecule has 3 atom stereocenters. The predicted molar refractivity (Wildman–Crippen MR) is 76.3 cm³/mol. The van der Waals surface area contributed by atoms with E-state index in [2.05, 4.69) is 52.1 Å². The molecule has 0 spiro atoms. The van der Waals surface area contributed by atoms with Crippen LogP contribution in [0, 0.1) is 11.3 Å². The van der Waals surface area contributed by atoms with E-state index < -0.39 is 0 Å². The first-order valence-electron chi connectivity index (χ1n) is 6.76. The zero-order valence-electron chi connectivity index (χ0n) is 11.7. The molecule has 1 rings (SSSR count). The maximum absolute atomic E-state index is 4.54. The highest BCUT2D eigenvalue weighted by molar-refractivity contribution is 7.80. The van der Waals surface area contributed by atoms with Gasteiger partial charge in [0.2, 0.25) is 0 Å². The van der Waals surface area contributed by atoms with Gasteiger partial charge in [0.25, 0.3) is 0 Å². The van der Waals surface area contributed by atoms with Gasteiger partial charge in [0.1, 0.15) is 0 Å². The Bertz CT molecular complexity index is 209. The molecule has 0 saturated carbocycles. The Labute approximate surface area is 107 Å². The lowest BCUT2D eigenvalue weighted by atomic mass is 9.81. The Morgan fingerprint density at radius 3 is 2.38 bits per heavy atom. The minimum Gasteiger partial charge on any atom is -0.297 e. The van der Waals surface area contributed by atoms with Crippen molar-refractivity contribution in [1.29, 1.82) is 0 Å². The first kappa shape index (κ1) is 14.4. The molecule has 1 aliphatic rings. The minimum atomic E-state index is 0.377. The summed E-state index contributed by atoms with van der Waals surface area (Å²) in [4.78, 5) is 2.73. The van der Waals surface area contributed by atoms with Crippen LogP contribution in [0.1, 0.15) is 53.9 Å². The SMILES string of the molecule is CCC1CCC(C)N1CC(CS)C(C)(C)C. The first-order valence-corrected chi connectivity index (χ1v) is 7.40.